The van der Waals surface area contributed by atoms with Crippen molar-refractivity contribution in [2.45, 2.75) is 6.92 Å². The summed E-state index contributed by atoms with van der Waals surface area (Å²) in [7, 11) is 2.04. The van der Waals surface area contributed by atoms with Crippen molar-refractivity contribution in [3.05, 3.63) is 30.1 Å². The smallest absolute Gasteiger partial charge is 0.177 e. The highest BCUT2D eigenvalue weighted by atomic mass is 127. The second-order valence-corrected chi connectivity index (χ2v) is 1.95. The van der Waals surface area contributed by atoms with E-state index in [4.69, 9.17) is 0 Å². The average molecular weight is 235 g/mol. The zero-order chi connectivity index (χ0) is 5.98. The predicted octanol–water partition coefficient (Wildman–Crippen LogP) is -2.18. The quantitative estimate of drug-likeness (QED) is 0.356. The maximum absolute atomic E-state index is 2.08. The predicted molar refractivity (Wildman–Crippen MR) is 32.4 cm³/mol. The molecule has 0 amide bonds. The molecule has 50 valence electrons. The summed E-state index contributed by atoms with van der Waals surface area (Å²) in [5, 5.41) is 0. The fraction of sp³-hybridized carbons (Fsp3) is 0.286. The SMILES string of the molecule is Cc1cccc[n+]1C.[I-]. The van der Waals surface area contributed by atoms with E-state index in [1.54, 1.807) is 0 Å². The summed E-state index contributed by atoms with van der Waals surface area (Å²) >= 11 is 0. The molecule has 0 fully saturated rings. The van der Waals surface area contributed by atoms with Crippen molar-refractivity contribution in [2.24, 2.45) is 7.05 Å². The second kappa shape index (κ2) is 3.82. The third-order valence-corrected chi connectivity index (χ3v) is 1.31. The minimum atomic E-state index is 0. The first kappa shape index (κ1) is 8.88. The van der Waals surface area contributed by atoms with Crippen LogP contribution in [-0.2, 0) is 7.05 Å². The van der Waals surface area contributed by atoms with E-state index in [1.807, 2.05) is 25.4 Å². The van der Waals surface area contributed by atoms with Crippen LogP contribution >= 0.6 is 0 Å². The van der Waals surface area contributed by atoms with Crippen LogP contribution in [0.15, 0.2) is 24.4 Å². The standard InChI is InChI=1S/C7H10N.HI/c1-7-5-3-4-6-8(7)2;/h3-6H,1-2H3;1H/q+1;/p-1. The van der Waals surface area contributed by atoms with Gasteiger partial charge in [-0.1, -0.05) is 6.07 Å². The zero-order valence-electron chi connectivity index (χ0n) is 5.63. The molecular formula is C7H10IN. The lowest BCUT2D eigenvalue weighted by Crippen LogP contribution is -3.00. The molecule has 9 heavy (non-hydrogen) atoms. The first-order valence-electron chi connectivity index (χ1n) is 2.72. The average Bonchev–Trinajstić information content (AvgIpc) is 1.77. The van der Waals surface area contributed by atoms with Crippen LogP contribution < -0.4 is 28.5 Å². The van der Waals surface area contributed by atoms with Crippen molar-refractivity contribution in [3.8, 4) is 0 Å². The van der Waals surface area contributed by atoms with Crippen molar-refractivity contribution in [1.29, 1.82) is 0 Å². The van der Waals surface area contributed by atoms with E-state index in [0.29, 0.717) is 0 Å². The topological polar surface area (TPSA) is 3.88 Å². The molecule has 2 heteroatoms. The highest BCUT2D eigenvalue weighted by Crippen LogP contribution is 1.83. The molecule has 1 nitrogen and oxygen atoms in total. The number of aromatic nitrogens is 1. The number of hydrogen-bond donors (Lipinski definition) is 0. The van der Waals surface area contributed by atoms with Crippen molar-refractivity contribution >= 4 is 0 Å². The molecule has 0 spiro atoms. The largest absolute Gasteiger partial charge is 1.00 e. The zero-order valence-corrected chi connectivity index (χ0v) is 7.79. The summed E-state index contributed by atoms with van der Waals surface area (Å²) in [6.07, 6.45) is 2.04. The Hall–Kier alpha value is -0.120. The monoisotopic (exact) mass is 235 g/mol. The molecule has 0 bridgehead atoms. The Kier molecular flexibility index (Phi) is 3.77. The van der Waals surface area contributed by atoms with Gasteiger partial charge in [0.05, 0.1) is 0 Å². The first-order chi connectivity index (χ1) is 3.80. The van der Waals surface area contributed by atoms with Crippen molar-refractivity contribution < 1.29 is 28.5 Å². The van der Waals surface area contributed by atoms with Crippen LogP contribution in [0.3, 0.4) is 0 Å². The van der Waals surface area contributed by atoms with Crippen LogP contribution in [0, 0.1) is 6.92 Å². The van der Waals surface area contributed by atoms with Gasteiger partial charge in [0, 0.05) is 19.1 Å². The molecule has 0 aliphatic heterocycles. The Morgan fingerprint density at radius 3 is 2.33 bits per heavy atom. The van der Waals surface area contributed by atoms with Gasteiger partial charge in [-0.15, -0.1) is 0 Å². The maximum Gasteiger partial charge on any atom is 0.177 e. The molecule has 0 saturated heterocycles. The van der Waals surface area contributed by atoms with Crippen LogP contribution in [0.1, 0.15) is 5.69 Å². The molecule has 0 aliphatic carbocycles. The van der Waals surface area contributed by atoms with Gasteiger partial charge >= 0.3 is 0 Å². The second-order valence-electron chi connectivity index (χ2n) is 1.95. The molecule has 0 N–H and O–H groups in total. The normalized spacial score (nSPS) is 8.22. The fourth-order valence-corrected chi connectivity index (χ4v) is 0.609. The summed E-state index contributed by atoms with van der Waals surface area (Å²) in [6, 6.07) is 6.14. The summed E-state index contributed by atoms with van der Waals surface area (Å²) in [6.45, 7) is 2.08. The maximum atomic E-state index is 2.08. The molecule has 1 aromatic heterocycles. The van der Waals surface area contributed by atoms with Crippen LogP contribution in [0.25, 0.3) is 0 Å². The lowest BCUT2D eigenvalue weighted by Gasteiger charge is -1.87. The third kappa shape index (κ3) is 2.30. The summed E-state index contributed by atoms with van der Waals surface area (Å²) in [5.41, 5.74) is 1.28. The number of aryl methyl sites for hydroxylation is 2. The highest BCUT2D eigenvalue weighted by Gasteiger charge is 1.91. The lowest BCUT2D eigenvalue weighted by molar-refractivity contribution is -0.677. The highest BCUT2D eigenvalue weighted by molar-refractivity contribution is 4.93. The number of nitrogens with zero attached hydrogens (tertiary/aromatic N) is 1. The van der Waals surface area contributed by atoms with Gasteiger partial charge in [-0.2, -0.15) is 0 Å². The minimum absolute atomic E-state index is 0. The fourth-order valence-electron chi connectivity index (χ4n) is 0.609. The van der Waals surface area contributed by atoms with Gasteiger partial charge in [-0.05, 0) is 0 Å². The molecule has 0 aliphatic rings. The number of hydrogen-bond acceptors (Lipinski definition) is 0. The van der Waals surface area contributed by atoms with E-state index in [9.17, 15) is 0 Å². The van der Waals surface area contributed by atoms with E-state index >= 15 is 0 Å². The Bertz CT molecular complexity index is 165. The molecular weight excluding hydrogens is 225 g/mol. The Balaban J connectivity index is 0.000000640. The van der Waals surface area contributed by atoms with Crippen LogP contribution in [0.2, 0.25) is 0 Å². The van der Waals surface area contributed by atoms with E-state index in [1.165, 1.54) is 5.69 Å². The van der Waals surface area contributed by atoms with Gasteiger partial charge in [0.1, 0.15) is 7.05 Å². The van der Waals surface area contributed by atoms with Gasteiger partial charge < -0.3 is 24.0 Å². The molecule has 1 rings (SSSR count). The molecule has 0 radical (unpaired) electrons. The lowest BCUT2D eigenvalue weighted by atomic mass is 10.4. The summed E-state index contributed by atoms with van der Waals surface area (Å²) < 4.78 is 2.08. The molecule has 0 saturated carbocycles. The van der Waals surface area contributed by atoms with E-state index < -0.39 is 0 Å². The van der Waals surface area contributed by atoms with Crippen LogP contribution in [-0.4, -0.2) is 0 Å². The molecule has 1 heterocycles. The van der Waals surface area contributed by atoms with E-state index in [0.717, 1.165) is 0 Å². The number of pyridine rings is 1. The molecule has 1 aromatic rings. The van der Waals surface area contributed by atoms with Gasteiger partial charge in [-0.3, -0.25) is 0 Å². The summed E-state index contributed by atoms with van der Waals surface area (Å²) in [5.74, 6) is 0. The van der Waals surface area contributed by atoms with Crippen LogP contribution in [0.4, 0.5) is 0 Å². The van der Waals surface area contributed by atoms with E-state index in [-0.39, 0.29) is 24.0 Å². The van der Waals surface area contributed by atoms with Gasteiger partial charge in [-0.25, -0.2) is 4.57 Å². The van der Waals surface area contributed by atoms with Crippen molar-refractivity contribution in [1.82, 2.24) is 0 Å². The van der Waals surface area contributed by atoms with Gasteiger partial charge in [0.15, 0.2) is 11.9 Å². The molecule has 0 atom stereocenters. The first-order valence-corrected chi connectivity index (χ1v) is 2.72. The number of rotatable bonds is 0. The number of halogens is 1. The minimum Gasteiger partial charge on any atom is -1.00 e. The molecule has 0 aromatic carbocycles. The van der Waals surface area contributed by atoms with Gasteiger partial charge in [0.2, 0.25) is 0 Å². The Morgan fingerprint density at radius 1 is 1.33 bits per heavy atom. The van der Waals surface area contributed by atoms with E-state index in [2.05, 4.69) is 17.6 Å². The van der Waals surface area contributed by atoms with Crippen molar-refractivity contribution in [3.63, 3.8) is 0 Å². The van der Waals surface area contributed by atoms with Crippen molar-refractivity contribution in [2.75, 3.05) is 0 Å². The third-order valence-electron chi connectivity index (χ3n) is 1.31. The Labute approximate surface area is 72.7 Å². The van der Waals surface area contributed by atoms with Gasteiger partial charge in [0.25, 0.3) is 0 Å². The molecule has 0 unspecified atom stereocenters. The Morgan fingerprint density at radius 2 is 2.00 bits per heavy atom. The van der Waals surface area contributed by atoms with Crippen LogP contribution in [0.5, 0.6) is 0 Å². The summed E-state index contributed by atoms with van der Waals surface area (Å²) in [4.78, 5) is 0.